The Bertz CT molecular complexity index is 1820. The second-order valence-electron chi connectivity index (χ2n) is 17.1. The fraction of sp³-hybridized carbons (Fsp3) is 0.674. The average Bonchev–Trinajstić information content (AvgIpc) is 3.19. The monoisotopic (exact) mass is 829 g/mol. The number of amides is 1. The van der Waals surface area contributed by atoms with Crippen molar-refractivity contribution in [2.45, 2.75) is 88.7 Å². The predicted molar refractivity (Wildman–Crippen MR) is 225 cm³/mol. The molecular weight excluding hydrogens is 766 g/mol. The molecule has 4 heterocycles. The van der Waals surface area contributed by atoms with Crippen LogP contribution in [0.1, 0.15) is 80.9 Å². The van der Waals surface area contributed by atoms with Crippen LogP contribution >= 0.6 is 11.6 Å². The van der Waals surface area contributed by atoms with Gasteiger partial charge in [-0.1, -0.05) is 36.7 Å². The summed E-state index contributed by atoms with van der Waals surface area (Å²) in [6.45, 7) is 13.5. The number of rotatable bonds is 9. The molecule has 2 aromatic rings. The topological polar surface area (TPSA) is 123 Å². The van der Waals surface area contributed by atoms with E-state index in [-0.39, 0.29) is 42.0 Å². The third kappa shape index (κ3) is 10.3. The molecule has 4 aliphatic rings. The molecule has 57 heavy (non-hydrogen) atoms. The van der Waals surface area contributed by atoms with E-state index in [1.165, 1.54) is 0 Å². The number of halogens is 1. The third-order valence-corrected chi connectivity index (χ3v) is 15.1. The van der Waals surface area contributed by atoms with Gasteiger partial charge in [0.05, 0.1) is 11.9 Å². The molecule has 1 amide bonds. The van der Waals surface area contributed by atoms with E-state index >= 15 is 0 Å². The zero-order chi connectivity index (χ0) is 40.8. The first-order valence-corrected chi connectivity index (χ1v) is 22.6. The molecule has 316 valence electrons. The van der Waals surface area contributed by atoms with E-state index in [2.05, 4.69) is 45.4 Å². The fourth-order valence-corrected chi connectivity index (χ4v) is 11.2. The lowest BCUT2D eigenvalue weighted by Crippen LogP contribution is -2.61. The molecule has 1 saturated heterocycles. The number of sulfonamides is 1. The van der Waals surface area contributed by atoms with Crippen LogP contribution in [0.15, 0.2) is 42.5 Å². The Balaban J connectivity index is 1.38. The van der Waals surface area contributed by atoms with E-state index in [1.54, 1.807) is 26.4 Å². The first-order chi connectivity index (χ1) is 27.3. The number of anilines is 1. The first-order valence-electron chi connectivity index (χ1n) is 20.7. The lowest BCUT2D eigenvalue weighted by molar-refractivity contribution is -0.0992. The summed E-state index contributed by atoms with van der Waals surface area (Å²) < 4.78 is 54.6. The molecule has 1 aromatic heterocycles. The van der Waals surface area contributed by atoms with Gasteiger partial charge in [0.15, 0.2) is 11.6 Å². The van der Waals surface area contributed by atoms with Crippen molar-refractivity contribution >= 4 is 33.3 Å². The van der Waals surface area contributed by atoms with Crippen molar-refractivity contribution in [3.63, 3.8) is 0 Å². The standard InChI is InChI=1S/C43H64ClN5O7S/c1-31-10-9-19-43(55-6,29-47-21-23-49(24-22-47)42(2,3)30-54-5)36-15-13-33(36)27-48-20-8-7-11-32-26-35(44)14-12-34(32)28-56-38-17-16-37(45-40(38)48)41(50)46-57(51,52)39(31)18-25-53-4/h9,12,14,16-17,19,26,31,33,36,39H,7-8,10-11,13,15,18,20-25,27-30H2,1-6H3,(H,46,50)/b19-9+/t31-,33-,36?,39?,43+/m0/s1. The van der Waals surface area contributed by atoms with Gasteiger partial charge in [0.25, 0.3) is 5.91 Å². The molecule has 2 bridgehead atoms. The summed E-state index contributed by atoms with van der Waals surface area (Å²) in [5, 5.41) is -0.172. The number of allylic oxidation sites excluding steroid dienone is 1. The maximum atomic E-state index is 14.0. The van der Waals surface area contributed by atoms with Crippen LogP contribution in [-0.4, -0.2) is 126 Å². The van der Waals surface area contributed by atoms with E-state index in [1.807, 2.05) is 32.2 Å². The highest BCUT2D eigenvalue weighted by Crippen LogP contribution is 2.46. The van der Waals surface area contributed by atoms with Crippen LogP contribution in [0.2, 0.25) is 5.02 Å². The van der Waals surface area contributed by atoms with E-state index in [0.717, 1.165) is 76.0 Å². The predicted octanol–water partition coefficient (Wildman–Crippen LogP) is 5.97. The second kappa shape index (κ2) is 19.1. The van der Waals surface area contributed by atoms with E-state index in [9.17, 15) is 13.2 Å². The molecular formula is C43H64ClN5O7S. The number of hydrogen-bond acceptors (Lipinski definition) is 11. The van der Waals surface area contributed by atoms with Crippen molar-refractivity contribution < 1.29 is 32.2 Å². The highest BCUT2D eigenvalue weighted by molar-refractivity contribution is 7.90. The van der Waals surface area contributed by atoms with Gasteiger partial charge in [-0.2, -0.15) is 0 Å². The number of pyridine rings is 1. The number of benzene rings is 1. The van der Waals surface area contributed by atoms with Crippen molar-refractivity contribution in [2.24, 2.45) is 17.8 Å². The van der Waals surface area contributed by atoms with E-state index in [0.29, 0.717) is 49.3 Å². The second-order valence-corrected chi connectivity index (χ2v) is 19.5. The summed E-state index contributed by atoms with van der Waals surface area (Å²) in [5.41, 5.74) is 1.60. The Morgan fingerprint density at radius 3 is 2.51 bits per heavy atom. The van der Waals surface area contributed by atoms with Crippen molar-refractivity contribution in [3.8, 4) is 5.75 Å². The van der Waals surface area contributed by atoms with Gasteiger partial charge in [-0.3, -0.25) is 14.6 Å². The highest BCUT2D eigenvalue weighted by atomic mass is 35.5. The van der Waals surface area contributed by atoms with Gasteiger partial charge in [-0.15, -0.1) is 0 Å². The zero-order valence-corrected chi connectivity index (χ0v) is 36.4. The van der Waals surface area contributed by atoms with Gasteiger partial charge in [-0.05, 0) is 112 Å². The Kier molecular flexibility index (Phi) is 14.7. The van der Waals surface area contributed by atoms with E-state index < -0.39 is 26.8 Å². The number of hydrogen-bond donors (Lipinski definition) is 1. The van der Waals surface area contributed by atoms with Crippen LogP contribution in [-0.2, 0) is 37.3 Å². The molecule has 1 N–H and O–H groups in total. The number of piperazine rings is 1. The lowest BCUT2D eigenvalue weighted by Gasteiger charge is -2.52. The smallest absolute Gasteiger partial charge is 0.283 e. The number of carbonyl (C=O) groups is 1. The summed E-state index contributed by atoms with van der Waals surface area (Å²) in [5.74, 6) is 0.522. The van der Waals surface area contributed by atoms with Gasteiger partial charge >= 0.3 is 0 Å². The summed E-state index contributed by atoms with van der Waals surface area (Å²) in [6, 6.07) is 9.23. The van der Waals surface area contributed by atoms with Gasteiger partial charge < -0.3 is 23.8 Å². The summed E-state index contributed by atoms with van der Waals surface area (Å²) in [4.78, 5) is 26.0. The molecule has 5 atom stereocenters. The number of ether oxygens (including phenoxy) is 4. The quantitative estimate of drug-likeness (QED) is 0.301. The molecule has 2 fully saturated rings. The largest absolute Gasteiger partial charge is 0.485 e. The number of aryl methyl sites for hydroxylation is 1. The lowest BCUT2D eigenvalue weighted by atomic mass is 9.63. The van der Waals surface area contributed by atoms with Crippen LogP contribution < -0.4 is 14.4 Å². The number of fused-ring (bicyclic) bond motifs is 3. The number of aromatic nitrogens is 1. The molecule has 14 heteroatoms. The minimum Gasteiger partial charge on any atom is -0.485 e. The Morgan fingerprint density at radius 2 is 1.81 bits per heavy atom. The van der Waals surface area contributed by atoms with Crippen molar-refractivity contribution in [1.82, 2.24) is 19.5 Å². The Morgan fingerprint density at radius 1 is 1.02 bits per heavy atom. The van der Waals surface area contributed by atoms with Gasteiger partial charge in [0.2, 0.25) is 10.0 Å². The maximum Gasteiger partial charge on any atom is 0.283 e. The van der Waals surface area contributed by atoms with Gasteiger partial charge in [-0.25, -0.2) is 18.1 Å². The summed E-state index contributed by atoms with van der Waals surface area (Å²) >= 11 is 6.42. The maximum absolute atomic E-state index is 14.0. The molecule has 0 spiro atoms. The molecule has 1 aliphatic carbocycles. The molecule has 0 radical (unpaired) electrons. The molecule has 12 nitrogen and oxygen atoms in total. The normalized spacial score (nSPS) is 28.5. The van der Waals surface area contributed by atoms with Gasteiger partial charge in [0.1, 0.15) is 17.9 Å². The van der Waals surface area contributed by atoms with Crippen molar-refractivity contribution in [3.05, 3.63) is 64.3 Å². The molecule has 2 unspecified atom stereocenters. The van der Waals surface area contributed by atoms with Crippen molar-refractivity contribution in [1.29, 1.82) is 0 Å². The molecule has 6 rings (SSSR count). The SMILES string of the molecule is COCCC1[C@@H](C)C/C=C/[C@](CN2CCN(C(C)(C)COC)CC2)(OC)C2CC[C@H]2CN2CCCCc3cc(Cl)ccc3COc3ccc(nc32)C(=O)NS1(=O)=O. The van der Waals surface area contributed by atoms with Crippen LogP contribution in [0.3, 0.4) is 0 Å². The minimum atomic E-state index is -4.12. The van der Waals surface area contributed by atoms with Crippen LogP contribution in [0.5, 0.6) is 5.75 Å². The number of nitrogens with zero attached hydrogens (tertiary/aromatic N) is 4. The third-order valence-electron chi connectivity index (χ3n) is 12.9. The average molecular weight is 831 g/mol. The fourth-order valence-electron chi connectivity index (χ4n) is 9.39. The Hall–Kier alpha value is -2.78. The Labute approximate surface area is 345 Å². The number of methoxy groups -OCH3 is 3. The first kappa shape index (κ1) is 43.8. The minimum absolute atomic E-state index is 0.0299. The zero-order valence-electron chi connectivity index (χ0n) is 34.8. The highest BCUT2D eigenvalue weighted by Gasteiger charge is 2.49. The summed E-state index contributed by atoms with van der Waals surface area (Å²) in [7, 11) is 1.03. The molecule has 3 aliphatic heterocycles. The van der Waals surface area contributed by atoms with Crippen molar-refractivity contribution in [2.75, 3.05) is 85.3 Å². The molecule has 1 saturated carbocycles. The number of carbonyl (C=O) groups excluding carboxylic acids is 1. The van der Waals surface area contributed by atoms with Gasteiger partial charge in [0, 0.05) is 84.3 Å². The van der Waals surface area contributed by atoms with Crippen LogP contribution in [0.25, 0.3) is 0 Å². The van der Waals surface area contributed by atoms with E-state index in [4.69, 9.17) is 35.5 Å². The summed E-state index contributed by atoms with van der Waals surface area (Å²) in [6.07, 6.45) is 9.82. The van der Waals surface area contributed by atoms with Crippen LogP contribution in [0, 0.1) is 17.8 Å². The van der Waals surface area contributed by atoms with Crippen LogP contribution in [0.4, 0.5) is 5.82 Å². The number of nitrogens with one attached hydrogen (secondary N) is 1. The molecule has 1 aromatic carbocycles.